The lowest BCUT2D eigenvalue weighted by molar-refractivity contribution is 0.546. The van der Waals surface area contributed by atoms with Crippen molar-refractivity contribution in [2.24, 2.45) is 12.8 Å². The summed E-state index contributed by atoms with van der Waals surface area (Å²) >= 11 is 6.09. The van der Waals surface area contributed by atoms with Crippen LogP contribution in [0.2, 0.25) is 5.02 Å². The van der Waals surface area contributed by atoms with Gasteiger partial charge in [-0.15, -0.1) is 0 Å². The van der Waals surface area contributed by atoms with E-state index in [-0.39, 0.29) is 11.7 Å². The van der Waals surface area contributed by atoms with E-state index >= 15 is 0 Å². The number of nitrogens with two attached hydrogens (primary N) is 1. The molecule has 0 aliphatic heterocycles. The molecule has 2 rings (SSSR count). The molecule has 5 heteroatoms. The summed E-state index contributed by atoms with van der Waals surface area (Å²) in [4.78, 5) is 12.1. The summed E-state index contributed by atoms with van der Waals surface area (Å²) in [6.45, 7) is 2.34. The highest BCUT2D eigenvalue weighted by atomic mass is 35.5. The molecule has 0 saturated carbocycles. The normalized spacial score (nSPS) is 13.2. The minimum Gasteiger partial charge on any atom is -0.328 e. The molecule has 0 aliphatic carbocycles. The summed E-state index contributed by atoms with van der Waals surface area (Å²) in [6, 6.07) is 5.47. The Kier molecular flexibility index (Phi) is 2.78. The van der Waals surface area contributed by atoms with Crippen LogP contribution in [-0.4, -0.2) is 15.7 Å². The van der Waals surface area contributed by atoms with Gasteiger partial charge in [0.1, 0.15) is 0 Å². The summed E-state index contributed by atoms with van der Waals surface area (Å²) in [6.07, 6.45) is 0. The number of fused-ring (bicyclic) bond motifs is 1. The number of halogens is 1. The molecule has 0 bridgehead atoms. The maximum Gasteiger partial charge on any atom is 0.329 e. The molecule has 1 atom stereocenters. The molecule has 0 saturated heterocycles. The third-order valence-electron chi connectivity index (χ3n) is 2.84. The lowest BCUT2D eigenvalue weighted by Gasteiger charge is -2.10. The van der Waals surface area contributed by atoms with Gasteiger partial charge in [0.05, 0.1) is 16.1 Å². The summed E-state index contributed by atoms with van der Waals surface area (Å²) in [5.41, 5.74) is 7.12. The summed E-state index contributed by atoms with van der Waals surface area (Å²) < 4.78 is 3.24. The highest BCUT2D eigenvalue weighted by Crippen LogP contribution is 2.23. The van der Waals surface area contributed by atoms with Crippen LogP contribution in [0.3, 0.4) is 0 Å². The minimum absolute atomic E-state index is 0.0327. The molecule has 2 N–H and O–H groups in total. The fraction of sp³-hybridized carbons (Fsp3) is 0.364. The number of hydrogen-bond donors (Lipinski definition) is 1. The number of para-hydroxylation sites is 1. The molecular weight excluding hydrogens is 226 g/mol. The van der Waals surface area contributed by atoms with Crippen LogP contribution in [0.1, 0.15) is 13.0 Å². The van der Waals surface area contributed by atoms with E-state index < -0.39 is 0 Å². The zero-order valence-corrected chi connectivity index (χ0v) is 10.0. The SMILES string of the molecule is CC(CN)n1c(=O)n(C)c2c(Cl)cccc21. The molecule has 2 aromatic rings. The van der Waals surface area contributed by atoms with Crippen molar-refractivity contribution in [1.29, 1.82) is 0 Å². The first kappa shape index (κ1) is 11.2. The van der Waals surface area contributed by atoms with E-state index in [1.165, 1.54) is 0 Å². The maximum atomic E-state index is 12.1. The Bertz CT molecular complexity index is 585. The number of benzene rings is 1. The summed E-state index contributed by atoms with van der Waals surface area (Å²) in [7, 11) is 1.72. The third kappa shape index (κ3) is 1.45. The molecule has 1 aromatic heterocycles. The number of nitrogens with zero attached hydrogens (tertiary/aromatic N) is 2. The Morgan fingerprint density at radius 2 is 2.19 bits per heavy atom. The molecular formula is C11H14ClN3O. The van der Waals surface area contributed by atoms with Gasteiger partial charge in [-0.3, -0.25) is 9.13 Å². The fourth-order valence-electron chi connectivity index (χ4n) is 1.92. The van der Waals surface area contributed by atoms with Gasteiger partial charge in [-0.05, 0) is 19.1 Å². The van der Waals surface area contributed by atoms with Crippen molar-refractivity contribution in [3.8, 4) is 0 Å². The van der Waals surface area contributed by atoms with Crippen molar-refractivity contribution >= 4 is 22.6 Å². The number of aryl methyl sites for hydroxylation is 1. The van der Waals surface area contributed by atoms with Crippen LogP contribution in [0.5, 0.6) is 0 Å². The zero-order chi connectivity index (χ0) is 11.9. The van der Waals surface area contributed by atoms with Gasteiger partial charge in [0.15, 0.2) is 0 Å². The topological polar surface area (TPSA) is 52.9 Å². The predicted octanol–water partition coefficient (Wildman–Crippen LogP) is 1.51. The third-order valence-corrected chi connectivity index (χ3v) is 3.14. The maximum absolute atomic E-state index is 12.1. The number of rotatable bonds is 2. The van der Waals surface area contributed by atoms with E-state index in [2.05, 4.69) is 0 Å². The second-order valence-corrected chi connectivity index (χ2v) is 4.31. The van der Waals surface area contributed by atoms with Gasteiger partial charge >= 0.3 is 5.69 Å². The van der Waals surface area contributed by atoms with E-state index in [4.69, 9.17) is 17.3 Å². The molecule has 0 aliphatic rings. The van der Waals surface area contributed by atoms with E-state index in [9.17, 15) is 4.79 Å². The van der Waals surface area contributed by atoms with Gasteiger partial charge in [-0.2, -0.15) is 0 Å². The second-order valence-electron chi connectivity index (χ2n) is 3.90. The van der Waals surface area contributed by atoms with Crippen LogP contribution in [0.25, 0.3) is 11.0 Å². The van der Waals surface area contributed by atoms with Gasteiger partial charge in [0, 0.05) is 19.6 Å². The molecule has 0 radical (unpaired) electrons. The number of imidazole rings is 1. The first-order chi connectivity index (χ1) is 7.57. The van der Waals surface area contributed by atoms with Crippen LogP contribution in [-0.2, 0) is 7.05 Å². The highest BCUT2D eigenvalue weighted by Gasteiger charge is 2.16. The Morgan fingerprint density at radius 3 is 2.81 bits per heavy atom. The molecule has 0 spiro atoms. The smallest absolute Gasteiger partial charge is 0.328 e. The Balaban J connectivity index is 2.90. The fourth-order valence-corrected chi connectivity index (χ4v) is 2.22. The van der Waals surface area contributed by atoms with E-state index in [0.717, 1.165) is 11.0 Å². The van der Waals surface area contributed by atoms with Crippen molar-refractivity contribution < 1.29 is 0 Å². The Hall–Kier alpha value is -1.26. The van der Waals surface area contributed by atoms with Gasteiger partial charge in [-0.25, -0.2) is 4.79 Å². The summed E-state index contributed by atoms with van der Waals surface area (Å²) in [5, 5.41) is 0.583. The van der Waals surface area contributed by atoms with Crippen LogP contribution in [0.4, 0.5) is 0 Å². The number of hydrogen-bond acceptors (Lipinski definition) is 2. The summed E-state index contributed by atoms with van der Waals surface area (Å²) in [5.74, 6) is 0. The largest absolute Gasteiger partial charge is 0.329 e. The highest BCUT2D eigenvalue weighted by molar-refractivity contribution is 6.35. The molecule has 1 unspecified atom stereocenters. The van der Waals surface area contributed by atoms with Gasteiger partial charge in [0.2, 0.25) is 0 Å². The number of aromatic nitrogens is 2. The first-order valence-electron chi connectivity index (χ1n) is 5.13. The predicted molar refractivity (Wildman–Crippen MR) is 66.0 cm³/mol. The lowest BCUT2D eigenvalue weighted by atomic mass is 10.3. The van der Waals surface area contributed by atoms with Crippen LogP contribution in [0.15, 0.2) is 23.0 Å². The molecule has 86 valence electrons. The minimum atomic E-state index is -0.0824. The Labute approximate surface area is 98.2 Å². The van der Waals surface area contributed by atoms with Crippen molar-refractivity contribution in [3.05, 3.63) is 33.7 Å². The van der Waals surface area contributed by atoms with Crippen LogP contribution in [0, 0.1) is 0 Å². The quantitative estimate of drug-likeness (QED) is 0.864. The Morgan fingerprint density at radius 1 is 1.50 bits per heavy atom. The second kappa shape index (κ2) is 3.96. The monoisotopic (exact) mass is 239 g/mol. The van der Waals surface area contributed by atoms with Crippen LogP contribution >= 0.6 is 11.6 Å². The van der Waals surface area contributed by atoms with Crippen molar-refractivity contribution in [3.63, 3.8) is 0 Å². The van der Waals surface area contributed by atoms with Crippen molar-refractivity contribution in [2.45, 2.75) is 13.0 Å². The standard InChI is InChI=1S/C11H14ClN3O/c1-7(6-13)15-9-5-3-4-8(12)10(9)14(2)11(15)16/h3-5,7H,6,13H2,1-2H3. The molecule has 0 amide bonds. The van der Waals surface area contributed by atoms with Crippen molar-refractivity contribution in [2.75, 3.05) is 6.54 Å². The van der Waals surface area contributed by atoms with Gasteiger partial charge in [0.25, 0.3) is 0 Å². The molecule has 0 fully saturated rings. The molecule has 4 nitrogen and oxygen atoms in total. The van der Waals surface area contributed by atoms with Gasteiger partial charge < -0.3 is 5.73 Å². The molecule has 1 aromatic carbocycles. The zero-order valence-electron chi connectivity index (χ0n) is 9.27. The average Bonchev–Trinajstić information content (AvgIpc) is 2.52. The van der Waals surface area contributed by atoms with E-state index in [1.807, 2.05) is 19.1 Å². The van der Waals surface area contributed by atoms with Gasteiger partial charge in [-0.1, -0.05) is 17.7 Å². The first-order valence-corrected chi connectivity index (χ1v) is 5.51. The van der Waals surface area contributed by atoms with E-state index in [1.54, 1.807) is 22.2 Å². The van der Waals surface area contributed by atoms with Crippen LogP contribution < -0.4 is 11.4 Å². The molecule has 1 heterocycles. The lowest BCUT2D eigenvalue weighted by Crippen LogP contribution is -2.28. The molecule has 16 heavy (non-hydrogen) atoms. The van der Waals surface area contributed by atoms with Crippen molar-refractivity contribution in [1.82, 2.24) is 9.13 Å². The van der Waals surface area contributed by atoms with E-state index in [0.29, 0.717) is 11.6 Å². The average molecular weight is 240 g/mol.